The van der Waals surface area contributed by atoms with Gasteiger partial charge in [-0.15, -0.1) is 0 Å². The molecule has 3 amide bonds. The molecule has 2 rings (SSSR count). The Hall–Kier alpha value is -5.08. The largest absolute Gasteiger partial charge is 0.463 e. The number of allylic oxidation sites excluding steroid dienone is 2. The number of nitrogens with zero attached hydrogens (tertiary/aromatic N) is 3. The highest BCUT2D eigenvalue weighted by atomic mass is 16.6. The van der Waals surface area contributed by atoms with Crippen molar-refractivity contribution in [3.05, 3.63) is 24.3 Å². The van der Waals surface area contributed by atoms with Gasteiger partial charge in [0.1, 0.15) is 46.2 Å². The van der Waals surface area contributed by atoms with Crippen molar-refractivity contribution in [2.24, 2.45) is 28.6 Å². The van der Waals surface area contributed by atoms with Gasteiger partial charge in [-0.2, -0.15) is 0 Å². The minimum Gasteiger partial charge on any atom is -0.463 e. The fourth-order valence-electron chi connectivity index (χ4n) is 8.65. The van der Waals surface area contributed by atoms with Crippen molar-refractivity contribution in [1.82, 2.24) is 20.0 Å². The maximum atomic E-state index is 13.0. The number of carbonyl (C=O) groups excluding carboxylic acids is 8. The maximum Gasteiger partial charge on any atom is 0.332 e. The lowest BCUT2D eigenvalue weighted by Gasteiger charge is -2.25. The van der Waals surface area contributed by atoms with Crippen LogP contribution in [-0.4, -0.2) is 277 Å². The third-order valence-corrected chi connectivity index (χ3v) is 11.9. The Labute approximate surface area is 582 Å². The summed E-state index contributed by atoms with van der Waals surface area (Å²) in [7, 11) is 0. The number of rotatable bonds is 39. The molecule has 9 N–H and O–H groups in total. The number of ether oxygens (including phenoxy) is 8. The summed E-state index contributed by atoms with van der Waals surface area (Å²) >= 11 is 0. The molecule has 0 radical (unpaired) electrons. The average molecular weight is 1410 g/mol. The van der Waals surface area contributed by atoms with Crippen LogP contribution in [0.4, 0.5) is 0 Å². The molecule has 0 spiro atoms. The van der Waals surface area contributed by atoms with E-state index in [1.54, 1.807) is 34.6 Å². The normalized spacial score (nSPS) is 15.7. The van der Waals surface area contributed by atoms with Crippen molar-refractivity contribution in [3.8, 4) is 0 Å². The first kappa shape index (κ1) is 105. The standard InChI is InChI=1S/C33H60N2O11.C12H18O3.C10H21NO5.C6H15NO2.C4H6O3.4CH4/c1-23(2)17-34(18-25(4)36)29(39)21-44-11-13-46-32(42)28(14-24(3)16-33(7,8)9)15-31(41)45-12-10-43-22-30(40)35(19-26(5)37)20-27(6)38;1-8(7-12(2,3)4)5-9-6-10(13)15-11(9)14;1-8(13)5-11(6-9(2)14)10(15)7-16-4-3-12;1-5(8)3-7-4-6(2)9;5-4-3-6-1-2-7-4;;;;/h23,25-28,36-38H,3,10-22H2,1-2,4-9H3;9H,1,5-7H2,2-4H3;8-9,12-14H,3-7H2,1-2H3;5-9H,3-4H2,1-2H3;1-3H2;4*1H4. The molecular weight excluding hydrogens is 1270 g/mol. The quantitative estimate of drug-likeness (QED) is 0.0135. The number of aliphatic hydroxyl groups is 8. The highest BCUT2D eigenvalue weighted by Crippen LogP contribution is 2.31. The zero-order chi connectivity index (χ0) is 72.0. The zero-order valence-corrected chi connectivity index (χ0v) is 58.5. The van der Waals surface area contributed by atoms with Crippen molar-refractivity contribution in [3.63, 3.8) is 0 Å². The lowest BCUT2D eigenvalue weighted by atomic mass is 9.84. The molecule has 0 aromatic rings. The summed E-state index contributed by atoms with van der Waals surface area (Å²) in [6, 6.07) is 0. The molecule has 0 aliphatic carbocycles. The number of cyclic esters (lactones) is 3. The van der Waals surface area contributed by atoms with E-state index in [0.717, 1.165) is 17.6 Å². The van der Waals surface area contributed by atoms with Gasteiger partial charge < -0.3 is 98.8 Å². The van der Waals surface area contributed by atoms with Gasteiger partial charge in [0.05, 0.1) is 100 Å². The van der Waals surface area contributed by atoms with Crippen LogP contribution < -0.4 is 5.32 Å². The number of amides is 3. The Balaban J connectivity index is -0.000000255. The van der Waals surface area contributed by atoms with Gasteiger partial charge in [-0.05, 0) is 90.9 Å². The SMILES string of the molecule is C.C.C.C.C=C(CC(CC(=O)OCCOCC(=O)N(CC(C)O)CC(C)O)C(=O)OCCOCC(=O)N(CC(C)C)CC(C)O)CC(C)(C)C.C=C(CC1CC(=O)OC1=O)CC(C)(C)C.CC(O)CN(CC(C)O)C(=O)COCCO.CC(O)CNCC(C)O.O=C1COCCO1. The molecular formula is C69H136N4O24. The predicted octanol–water partition coefficient (Wildman–Crippen LogP) is 4.44. The van der Waals surface area contributed by atoms with Crippen LogP contribution in [0.15, 0.2) is 24.3 Å². The number of carbonyl (C=O) groups is 8. The average Bonchev–Trinajstić information content (AvgIpc) is 1.83. The van der Waals surface area contributed by atoms with Crippen molar-refractivity contribution in [2.75, 3.05) is 132 Å². The molecule has 0 bridgehead atoms. The number of hydrogen-bond acceptors (Lipinski definition) is 25. The van der Waals surface area contributed by atoms with Gasteiger partial charge >= 0.3 is 29.8 Å². The molecule has 2 saturated heterocycles. The Kier molecular flexibility index (Phi) is 64.9. The Morgan fingerprint density at radius 1 is 0.536 bits per heavy atom. The molecule has 28 nitrogen and oxygen atoms in total. The third-order valence-electron chi connectivity index (χ3n) is 11.9. The van der Waals surface area contributed by atoms with E-state index in [-0.39, 0.29) is 200 Å². The number of nitrogens with one attached hydrogen (secondary N) is 1. The minimum absolute atomic E-state index is 0. The molecule has 9 atom stereocenters. The van der Waals surface area contributed by atoms with Crippen LogP contribution in [0, 0.1) is 28.6 Å². The summed E-state index contributed by atoms with van der Waals surface area (Å²) in [5.41, 5.74) is 1.90. The second-order valence-electron chi connectivity index (χ2n) is 26.4. The monoisotopic (exact) mass is 1400 g/mol. The van der Waals surface area contributed by atoms with Crippen molar-refractivity contribution >= 4 is 47.6 Å². The summed E-state index contributed by atoms with van der Waals surface area (Å²) < 4.78 is 39.9. The lowest BCUT2D eigenvalue weighted by molar-refractivity contribution is -0.159. The van der Waals surface area contributed by atoms with Gasteiger partial charge in [0.2, 0.25) is 17.7 Å². The maximum absolute atomic E-state index is 13.0. The highest BCUT2D eigenvalue weighted by molar-refractivity contribution is 5.94. The second-order valence-corrected chi connectivity index (χ2v) is 26.4. The van der Waals surface area contributed by atoms with Crippen LogP contribution in [-0.2, 0) is 76.3 Å². The van der Waals surface area contributed by atoms with Gasteiger partial charge in [-0.1, -0.05) is 109 Å². The summed E-state index contributed by atoms with van der Waals surface area (Å²) in [6.07, 6.45) is -1.92. The molecule has 0 saturated carbocycles. The number of esters is 5. The summed E-state index contributed by atoms with van der Waals surface area (Å²) in [6.45, 7) is 37.9. The van der Waals surface area contributed by atoms with E-state index in [0.29, 0.717) is 45.7 Å². The Morgan fingerprint density at radius 3 is 1.25 bits per heavy atom. The third kappa shape index (κ3) is 66.6. The summed E-state index contributed by atoms with van der Waals surface area (Å²) in [5.74, 6) is -4.24. The van der Waals surface area contributed by atoms with Crippen molar-refractivity contribution < 1.29 is 117 Å². The summed E-state index contributed by atoms with van der Waals surface area (Å²) in [5, 5.41) is 76.1. The minimum atomic E-state index is -0.839. The molecule has 0 aromatic heterocycles. The number of hydrogen-bond donors (Lipinski definition) is 9. The van der Waals surface area contributed by atoms with Crippen LogP contribution in [0.25, 0.3) is 0 Å². The van der Waals surface area contributed by atoms with Gasteiger partial charge in [-0.25, -0.2) is 4.79 Å². The molecule has 2 fully saturated rings. The van der Waals surface area contributed by atoms with Crippen molar-refractivity contribution in [1.29, 1.82) is 0 Å². The van der Waals surface area contributed by atoms with E-state index in [1.807, 2.05) is 34.6 Å². The molecule has 28 heteroatoms. The van der Waals surface area contributed by atoms with Crippen LogP contribution in [0.5, 0.6) is 0 Å². The van der Waals surface area contributed by atoms with E-state index in [2.05, 4.69) is 48.7 Å². The van der Waals surface area contributed by atoms with E-state index in [1.165, 1.54) is 28.5 Å². The van der Waals surface area contributed by atoms with E-state index >= 15 is 0 Å². The van der Waals surface area contributed by atoms with E-state index < -0.39 is 66.2 Å². The molecule has 97 heavy (non-hydrogen) atoms. The van der Waals surface area contributed by atoms with Crippen molar-refractivity contribution in [2.45, 2.75) is 215 Å². The number of aliphatic hydroxyl groups excluding tert-OH is 8. The molecule has 2 heterocycles. The predicted molar refractivity (Wildman–Crippen MR) is 372 cm³/mol. The van der Waals surface area contributed by atoms with E-state index in [4.69, 9.17) is 43.7 Å². The first-order chi connectivity index (χ1) is 43.1. The molecule has 2 aliphatic heterocycles. The molecule has 0 aromatic carbocycles. The zero-order valence-electron chi connectivity index (χ0n) is 58.5. The fraction of sp³-hybridized carbons (Fsp3) is 0.826. The smallest absolute Gasteiger partial charge is 0.332 e. The summed E-state index contributed by atoms with van der Waals surface area (Å²) in [4.78, 5) is 98.4. The first-order valence-electron chi connectivity index (χ1n) is 31.9. The molecule has 2 aliphatic rings. The van der Waals surface area contributed by atoms with Crippen LogP contribution in [0.3, 0.4) is 0 Å². The molecule has 9 unspecified atom stereocenters. The topological polar surface area (TPSA) is 394 Å². The second kappa shape index (κ2) is 59.8. The van der Waals surface area contributed by atoms with Gasteiger partial charge in [0, 0.05) is 52.4 Å². The lowest BCUT2D eigenvalue weighted by Crippen LogP contribution is -2.42. The molecule has 576 valence electrons. The van der Waals surface area contributed by atoms with Crippen LogP contribution in [0.2, 0.25) is 0 Å². The first-order valence-corrected chi connectivity index (χ1v) is 31.9. The van der Waals surface area contributed by atoms with Gasteiger partial charge in [0.15, 0.2) is 0 Å². The van der Waals surface area contributed by atoms with Gasteiger partial charge in [-0.3, -0.25) is 33.6 Å². The fourth-order valence-corrected chi connectivity index (χ4v) is 8.65. The van der Waals surface area contributed by atoms with E-state index in [9.17, 15) is 63.9 Å². The van der Waals surface area contributed by atoms with Crippen LogP contribution in [0.1, 0.15) is 172 Å². The highest BCUT2D eigenvalue weighted by Gasteiger charge is 2.34. The van der Waals surface area contributed by atoms with Crippen LogP contribution >= 0.6 is 0 Å². The van der Waals surface area contributed by atoms with Gasteiger partial charge in [0.25, 0.3) is 0 Å². The Morgan fingerprint density at radius 2 is 0.928 bits per heavy atom. The Bertz CT molecular complexity index is 2080.